The number of aromatic amines is 1. The van der Waals surface area contributed by atoms with Gasteiger partial charge in [-0.1, -0.05) is 24.3 Å². The molecule has 2 heterocycles. The van der Waals surface area contributed by atoms with Gasteiger partial charge in [0.2, 0.25) is 0 Å². The zero-order valence-electron chi connectivity index (χ0n) is 14.9. The van der Waals surface area contributed by atoms with Crippen molar-refractivity contribution in [2.45, 2.75) is 24.7 Å². The quantitative estimate of drug-likeness (QED) is 0.632. The van der Waals surface area contributed by atoms with Crippen molar-refractivity contribution in [3.05, 3.63) is 69.6 Å². The molecule has 0 saturated heterocycles. The third-order valence-electron chi connectivity index (χ3n) is 4.78. The number of fused-ring (bicyclic) bond motifs is 2. The van der Waals surface area contributed by atoms with Crippen molar-refractivity contribution in [2.75, 3.05) is 4.90 Å². The highest BCUT2D eigenvalue weighted by Crippen LogP contribution is 2.49. The standard InChI is InChI=1S/C19H12F5N3O3/c20-18(21)14-9(15(28)19(22,23)24)4-3-7-13(14)27(17(18)30)8-12-16(29)26-11-6-2-1-5-10(11)25-12/h1-7,15,28H,8H2,(H,26,29)/t15-/m1/s1. The maximum Gasteiger partial charge on any atom is 0.418 e. The Morgan fingerprint density at radius 1 is 1.10 bits per heavy atom. The molecule has 2 aromatic carbocycles. The molecule has 156 valence electrons. The van der Waals surface area contributed by atoms with Crippen LogP contribution in [-0.2, 0) is 17.3 Å². The van der Waals surface area contributed by atoms with Crippen molar-refractivity contribution in [3.63, 3.8) is 0 Å². The van der Waals surface area contributed by atoms with E-state index < -0.39 is 53.0 Å². The van der Waals surface area contributed by atoms with E-state index in [9.17, 15) is 36.6 Å². The Balaban J connectivity index is 1.83. The summed E-state index contributed by atoms with van der Waals surface area (Å²) < 4.78 is 68.2. The van der Waals surface area contributed by atoms with Gasteiger partial charge >= 0.3 is 18.0 Å². The average molecular weight is 425 g/mol. The lowest BCUT2D eigenvalue weighted by molar-refractivity contribution is -0.207. The van der Waals surface area contributed by atoms with Crippen LogP contribution in [-0.4, -0.2) is 27.2 Å². The number of benzene rings is 2. The van der Waals surface area contributed by atoms with Crippen LogP contribution in [0.15, 0.2) is 47.3 Å². The number of para-hydroxylation sites is 2. The summed E-state index contributed by atoms with van der Waals surface area (Å²) in [7, 11) is 0. The predicted octanol–water partition coefficient (Wildman–Crippen LogP) is 3.16. The normalized spacial score (nSPS) is 16.7. The number of carbonyl (C=O) groups is 1. The molecule has 1 aliphatic heterocycles. The zero-order valence-corrected chi connectivity index (χ0v) is 14.9. The number of alkyl halides is 5. The summed E-state index contributed by atoms with van der Waals surface area (Å²) in [6, 6.07) is 9.13. The van der Waals surface area contributed by atoms with Gasteiger partial charge in [0.05, 0.1) is 28.8 Å². The topological polar surface area (TPSA) is 86.3 Å². The van der Waals surface area contributed by atoms with Crippen LogP contribution in [0.2, 0.25) is 0 Å². The van der Waals surface area contributed by atoms with E-state index >= 15 is 0 Å². The minimum atomic E-state index is -5.21. The summed E-state index contributed by atoms with van der Waals surface area (Å²) in [5, 5.41) is 9.52. The van der Waals surface area contributed by atoms with Gasteiger partial charge in [-0.25, -0.2) is 4.98 Å². The van der Waals surface area contributed by atoms with Gasteiger partial charge in [0, 0.05) is 5.56 Å². The number of nitrogens with zero attached hydrogens (tertiary/aromatic N) is 2. The Morgan fingerprint density at radius 3 is 2.50 bits per heavy atom. The van der Waals surface area contributed by atoms with Crippen LogP contribution >= 0.6 is 0 Å². The molecular formula is C19H12F5N3O3. The number of amides is 1. The summed E-state index contributed by atoms with van der Waals surface area (Å²) in [6.45, 7) is -0.687. The van der Waals surface area contributed by atoms with Crippen LogP contribution in [0.1, 0.15) is 22.9 Å². The van der Waals surface area contributed by atoms with Gasteiger partial charge in [-0.3, -0.25) is 9.59 Å². The molecule has 3 aromatic rings. The summed E-state index contributed by atoms with van der Waals surface area (Å²) in [5.41, 5.74) is -3.16. The third kappa shape index (κ3) is 3.02. The van der Waals surface area contributed by atoms with Gasteiger partial charge in [0.1, 0.15) is 5.69 Å². The van der Waals surface area contributed by atoms with Crippen LogP contribution in [0, 0.1) is 0 Å². The van der Waals surface area contributed by atoms with Gasteiger partial charge in [-0.2, -0.15) is 22.0 Å². The smallest absolute Gasteiger partial charge is 0.379 e. The van der Waals surface area contributed by atoms with Crippen LogP contribution in [0.25, 0.3) is 11.0 Å². The number of anilines is 1. The zero-order chi connectivity index (χ0) is 21.8. The number of carbonyl (C=O) groups excluding carboxylic acids is 1. The Labute approximate surface area is 164 Å². The van der Waals surface area contributed by atoms with Crippen molar-refractivity contribution in [1.82, 2.24) is 9.97 Å². The fourth-order valence-electron chi connectivity index (χ4n) is 3.40. The molecule has 30 heavy (non-hydrogen) atoms. The highest BCUT2D eigenvalue weighted by Gasteiger charge is 2.56. The molecule has 1 aliphatic rings. The molecule has 4 rings (SSSR count). The Bertz CT molecular complexity index is 1220. The number of hydrogen-bond acceptors (Lipinski definition) is 4. The number of aliphatic hydroxyl groups excluding tert-OH is 1. The minimum absolute atomic E-state index is 0.271. The number of nitrogens with one attached hydrogen (secondary N) is 1. The highest BCUT2D eigenvalue weighted by atomic mass is 19.4. The average Bonchev–Trinajstić information content (AvgIpc) is 2.88. The van der Waals surface area contributed by atoms with Gasteiger partial charge in [0.15, 0.2) is 6.10 Å². The lowest BCUT2D eigenvalue weighted by Crippen LogP contribution is -2.36. The molecule has 11 heteroatoms. The first-order chi connectivity index (χ1) is 14.0. The van der Waals surface area contributed by atoms with Crippen molar-refractivity contribution in [1.29, 1.82) is 0 Å². The van der Waals surface area contributed by atoms with E-state index in [-0.39, 0.29) is 5.69 Å². The molecule has 1 amide bonds. The van der Waals surface area contributed by atoms with Crippen molar-refractivity contribution >= 4 is 22.6 Å². The SMILES string of the molecule is O=C1N(Cc2nc3ccccc3[nH]c2=O)c2cccc([C@@H](O)C(F)(F)F)c2C1(F)F. The molecule has 1 aromatic heterocycles. The van der Waals surface area contributed by atoms with Crippen LogP contribution in [0.4, 0.5) is 27.6 Å². The molecule has 0 saturated carbocycles. The van der Waals surface area contributed by atoms with E-state index in [4.69, 9.17) is 0 Å². The third-order valence-corrected chi connectivity index (χ3v) is 4.78. The maximum atomic E-state index is 14.7. The van der Waals surface area contributed by atoms with Gasteiger partial charge < -0.3 is 15.0 Å². The first-order valence-electron chi connectivity index (χ1n) is 8.57. The number of rotatable bonds is 3. The summed E-state index contributed by atoms with van der Waals surface area (Å²) in [4.78, 5) is 31.7. The Hall–Kier alpha value is -3.34. The molecule has 6 nitrogen and oxygen atoms in total. The highest BCUT2D eigenvalue weighted by molar-refractivity contribution is 6.06. The maximum absolute atomic E-state index is 14.7. The number of aromatic nitrogens is 2. The lowest BCUT2D eigenvalue weighted by Gasteiger charge is -2.19. The van der Waals surface area contributed by atoms with Gasteiger partial charge in [0.25, 0.3) is 5.56 Å². The molecule has 0 fully saturated rings. The second kappa shape index (κ2) is 6.59. The van der Waals surface area contributed by atoms with E-state index in [1.807, 2.05) is 0 Å². The Morgan fingerprint density at radius 2 is 1.80 bits per heavy atom. The van der Waals surface area contributed by atoms with Crippen molar-refractivity contribution < 1.29 is 31.9 Å². The van der Waals surface area contributed by atoms with Crippen molar-refractivity contribution in [2.24, 2.45) is 0 Å². The molecule has 0 aliphatic carbocycles. The molecule has 0 radical (unpaired) electrons. The first-order valence-corrected chi connectivity index (χ1v) is 8.57. The number of aliphatic hydroxyl groups is 1. The monoisotopic (exact) mass is 425 g/mol. The van der Waals surface area contributed by atoms with Crippen LogP contribution in [0.5, 0.6) is 0 Å². The largest absolute Gasteiger partial charge is 0.418 e. The van der Waals surface area contributed by atoms with Gasteiger partial charge in [-0.05, 0) is 18.2 Å². The fourth-order valence-corrected chi connectivity index (χ4v) is 3.40. The number of hydrogen-bond donors (Lipinski definition) is 2. The molecule has 1 atom stereocenters. The van der Waals surface area contributed by atoms with Crippen LogP contribution in [0.3, 0.4) is 0 Å². The fraction of sp³-hybridized carbons (Fsp3) is 0.211. The molecule has 2 N–H and O–H groups in total. The Kier molecular flexibility index (Phi) is 4.38. The summed E-state index contributed by atoms with van der Waals surface area (Å²) >= 11 is 0. The van der Waals surface area contributed by atoms with E-state index in [1.165, 1.54) is 0 Å². The summed E-state index contributed by atoms with van der Waals surface area (Å²) in [6.07, 6.45) is -8.41. The number of halogens is 5. The van der Waals surface area contributed by atoms with E-state index in [2.05, 4.69) is 9.97 Å². The number of H-pyrrole nitrogens is 1. The summed E-state index contributed by atoms with van der Waals surface area (Å²) in [5.74, 6) is -6.13. The van der Waals surface area contributed by atoms with Crippen LogP contribution < -0.4 is 10.5 Å². The predicted molar refractivity (Wildman–Crippen MR) is 94.9 cm³/mol. The van der Waals surface area contributed by atoms with E-state index in [0.717, 1.165) is 12.1 Å². The second-order valence-electron chi connectivity index (χ2n) is 6.68. The van der Waals surface area contributed by atoms with E-state index in [1.54, 1.807) is 24.3 Å². The lowest BCUT2D eigenvalue weighted by atomic mass is 9.97. The second-order valence-corrected chi connectivity index (χ2v) is 6.68. The first kappa shape index (κ1) is 20.0. The molecular weight excluding hydrogens is 413 g/mol. The molecule has 0 spiro atoms. The molecule has 0 unspecified atom stereocenters. The molecule has 0 bridgehead atoms. The van der Waals surface area contributed by atoms with Crippen molar-refractivity contribution in [3.8, 4) is 0 Å². The van der Waals surface area contributed by atoms with Gasteiger partial charge in [-0.15, -0.1) is 0 Å². The minimum Gasteiger partial charge on any atom is -0.379 e. The van der Waals surface area contributed by atoms with E-state index in [0.29, 0.717) is 22.0 Å².